The molecule has 10 nitrogen and oxygen atoms in total. The predicted molar refractivity (Wildman–Crippen MR) is 172 cm³/mol. The summed E-state index contributed by atoms with van der Waals surface area (Å²) in [5.41, 5.74) is 3.63. The van der Waals surface area contributed by atoms with E-state index in [0.717, 1.165) is 40.6 Å². The van der Waals surface area contributed by atoms with Crippen molar-refractivity contribution < 1.29 is 23.9 Å². The highest BCUT2D eigenvalue weighted by atomic mass is 16.5. The van der Waals surface area contributed by atoms with Crippen molar-refractivity contribution >= 4 is 34.4 Å². The maximum atomic E-state index is 12.9. The molecule has 3 aromatic carbocycles. The number of hydrogen-bond acceptors (Lipinski definition) is 5. The average Bonchev–Trinajstić information content (AvgIpc) is 3.45. The summed E-state index contributed by atoms with van der Waals surface area (Å²) >= 11 is 0. The fourth-order valence-electron chi connectivity index (χ4n) is 4.83. The van der Waals surface area contributed by atoms with Gasteiger partial charge in [-0.15, -0.1) is 0 Å². The molecule has 4 amide bonds. The third-order valence-corrected chi connectivity index (χ3v) is 7.16. The van der Waals surface area contributed by atoms with Crippen LogP contribution >= 0.6 is 0 Å². The molecule has 44 heavy (non-hydrogen) atoms. The van der Waals surface area contributed by atoms with Gasteiger partial charge in [0.15, 0.2) is 6.61 Å². The number of fused-ring (bicyclic) bond motifs is 1. The number of unbranched alkanes of at least 4 members (excludes halogenated alkanes) is 1. The van der Waals surface area contributed by atoms with E-state index in [1.807, 2.05) is 54.7 Å². The van der Waals surface area contributed by atoms with Crippen LogP contribution in [0.15, 0.2) is 79.0 Å². The maximum Gasteiger partial charge on any atom is 0.319 e. The van der Waals surface area contributed by atoms with E-state index in [9.17, 15) is 14.4 Å². The Hall–Kier alpha value is -4.99. The van der Waals surface area contributed by atoms with Gasteiger partial charge in [0.1, 0.15) is 11.5 Å². The summed E-state index contributed by atoms with van der Waals surface area (Å²) in [7, 11) is 1.61. The second-order valence-corrected chi connectivity index (χ2v) is 10.5. The summed E-state index contributed by atoms with van der Waals surface area (Å²) in [6, 6.07) is 21.8. The number of benzene rings is 3. The minimum Gasteiger partial charge on any atom is -0.496 e. The van der Waals surface area contributed by atoms with Crippen LogP contribution in [0.25, 0.3) is 10.9 Å². The monoisotopic (exact) mass is 599 g/mol. The van der Waals surface area contributed by atoms with Gasteiger partial charge in [0.05, 0.1) is 13.2 Å². The summed E-state index contributed by atoms with van der Waals surface area (Å²) in [5, 5.41) is 12.6. The van der Waals surface area contributed by atoms with Gasteiger partial charge in [-0.1, -0.05) is 49.7 Å². The summed E-state index contributed by atoms with van der Waals surface area (Å²) in [6.07, 6.45) is 5.21. The zero-order chi connectivity index (χ0) is 31.1. The second kappa shape index (κ2) is 16.6. The van der Waals surface area contributed by atoms with Crippen molar-refractivity contribution in [1.29, 1.82) is 0 Å². The fourth-order valence-corrected chi connectivity index (χ4v) is 4.83. The molecule has 1 unspecified atom stereocenters. The van der Waals surface area contributed by atoms with Gasteiger partial charge >= 0.3 is 6.03 Å². The Bertz CT molecular complexity index is 1520. The van der Waals surface area contributed by atoms with E-state index >= 15 is 0 Å². The zero-order valence-corrected chi connectivity index (χ0v) is 25.3. The van der Waals surface area contributed by atoms with Crippen LogP contribution in [0.5, 0.6) is 11.5 Å². The second-order valence-electron chi connectivity index (χ2n) is 10.5. The number of aromatic nitrogens is 1. The molecule has 1 aromatic heterocycles. The molecule has 0 fully saturated rings. The van der Waals surface area contributed by atoms with Gasteiger partial charge in [0.2, 0.25) is 5.91 Å². The number of hydrogen-bond donors (Lipinski definition) is 5. The number of aromatic amines is 1. The molecule has 0 aliphatic rings. The summed E-state index contributed by atoms with van der Waals surface area (Å²) in [4.78, 5) is 40.9. The summed E-state index contributed by atoms with van der Waals surface area (Å²) < 4.78 is 11.1. The predicted octanol–water partition coefficient (Wildman–Crippen LogP) is 4.95. The van der Waals surface area contributed by atoms with Crippen molar-refractivity contribution in [2.24, 2.45) is 0 Å². The Morgan fingerprint density at radius 1 is 0.886 bits per heavy atom. The third-order valence-electron chi connectivity index (χ3n) is 7.16. The van der Waals surface area contributed by atoms with Gasteiger partial charge in [0, 0.05) is 42.3 Å². The molecule has 5 N–H and O–H groups in total. The van der Waals surface area contributed by atoms with Gasteiger partial charge in [-0.05, 0) is 66.8 Å². The Labute approximate surface area is 257 Å². The molecule has 0 aliphatic heterocycles. The quantitative estimate of drug-likeness (QED) is 0.116. The molecule has 0 radical (unpaired) electrons. The number of aryl methyl sites for hydroxylation is 1. The van der Waals surface area contributed by atoms with Gasteiger partial charge in [0.25, 0.3) is 5.91 Å². The Kier molecular flexibility index (Phi) is 12.0. The van der Waals surface area contributed by atoms with Crippen LogP contribution in [-0.4, -0.2) is 55.7 Å². The molecular formula is C34H41N5O5. The molecule has 4 rings (SSSR count). The highest BCUT2D eigenvalue weighted by molar-refractivity contribution is 5.89. The lowest BCUT2D eigenvalue weighted by atomic mass is 10.0. The number of nitrogens with one attached hydrogen (secondary N) is 5. The lowest BCUT2D eigenvalue weighted by Gasteiger charge is -2.20. The summed E-state index contributed by atoms with van der Waals surface area (Å²) in [5.74, 6) is 0.826. The first-order valence-electron chi connectivity index (χ1n) is 15.0. The van der Waals surface area contributed by atoms with Crippen LogP contribution in [0.3, 0.4) is 0 Å². The molecule has 0 spiro atoms. The lowest BCUT2D eigenvalue weighted by Crippen LogP contribution is -2.46. The molecule has 0 saturated carbocycles. The molecule has 1 atom stereocenters. The van der Waals surface area contributed by atoms with Gasteiger partial charge in [-0.2, -0.15) is 0 Å². The average molecular weight is 600 g/mol. The fraction of sp³-hybridized carbons (Fsp3) is 0.324. The van der Waals surface area contributed by atoms with E-state index in [1.54, 1.807) is 31.4 Å². The Morgan fingerprint density at radius 2 is 1.66 bits per heavy atom. The van der Waals surface area contributed by atoms with Gasteiger partial charge < -0.3 is 35.7 Å². The van der Waals surface area contributed by atoms with Crippen molar-refractivity contribution in [1.82, 2.24) is 20.9 Å². The number of rotatable bonds is 16. The number of H-pyrrole nitrogens is 1. The number of amides is 4. The molecule has 0 aliphatic carbocycles. The van der Waals surface area contributed by atoms with E-state index in [2.05, 4.69) is 33.2 Å². The van der Waals surface area contributed by atoms with Crippen molar-refractivity contribution in [2.75, 3.05) is 32.1 Å². The molecular weight excluding hydrogens is 558 g/mol. The topological polar surface area (TPSA) is 134 Å². The maximum absolute atomic E-state index is 12.9. The number of methoxy groups -OCH3 is 1. The van der Waals surface area contributed by atoms with Crippen molar-refractivity contribution in [3.8, 4) is 11.5 Å². The smallest absolute Gasteiger partial charge is 0.319 e. The third kappa shape index (κ3) is 9.79. The Balaban J connectivity index is 1.31. The number of urea groups is 1. The Morgan fingerprint density at radius 3 is 2.45 bits per heavy atom. The minimum atomic E-state index is -0.363. The largest absolute Gasteiger partial charge is 0.496 e. The van der Waals surface area contributed by atoms with Gasteiger partial charge in [-0.3, -0.25) is 9.59 Å². The van der Waals surface area contributed by atoms with E-state index in [4.69, 9.17) is 9.47 Å². The van der Waals surface area contributed by atoms with Crippen molar-refractivity contribution in [2.45, 2.75) is 45.1 Å². The first-order chi connectivity index (χ1) is 21.4. The molecule has 4 aromatic rings. The van der Waals surface area contributed by atoms with E-state index < -0.39 is 0 Å². The molecule has 0 bridgehead atoms. The number of para-hydroxylation sites is 2. The first kappa shape index (κ1) is 31.9. The molecule has 1 heterocycles. The SMILES string of the molecule is CCCCNC(=O)Nc1ccc(OCC(=O)NC(CNC(=O)CCc2ccccc2OC)Cc2c[nH]c3ccccc23)cc1. The normalized spacial score (nSPS) is 11.4. The van der Waals surface area contributed by atoms with Crippen LogP contribution in [0.2, 0.25) is 0 Å². The lowest BCUT2D eigenvalue weighted by molar-refractivity contribution is -0.125. The van der Waals surface area contributed by atoms with Crippen molar-refractivity contribution in [3.05, 3.63) is 90.1 Å². The van der Waals surface area contributed by atoms with Crippen LogP contribution in [-0.2, 0) is 22.4 Å². The van der Waals surface area contributed by atoms with Gasteiger partial charge in [-0.25, -0.2) is 4.79 Å². The minimum absolute atomic E-state index is 0.113. The first-order valence-corrected chi connectivity index (χ1v) is 15.0. The molecule has 232 valence electrons. The van der Waals surface area contributed by atoms with E-state index in [0.29, 0.717) is 37.2 Å². The number of anilines is 1. The summed E-state index contributed by atoms with van der Waals surface area (Å²) in [6.45, 7) is 2.74. The number of ether oxygens (including phenoxy) is 2. The van der Waals surface area contributed by atoms with Crippen LogP contribution in [0, 0.1) is 0 Å². The van der Waals surface area contributed by atoms with E-state index in [-0.39, 0.29) is 37.0 Å². The van der Waals surface area contributed by atoms with E-state index in [1.165, 1.54) is 0 Å². The molecule has 0 saturated heterocycles. The standard InChI is InChI=1S/C34H41N5O5/c1-3-4-19-35-34(42)39-26-14-16-28(17-15-26)44-23-33(41)38-27(20-25-21-36-30-11-7-6-10-29(25)30)22-37-32(40)18-13-24-9-5-8-12-31(24)43-2/h5-12,14-17,21,27,36H,3-4,13,18-20,22-23H2,1-2H3,(H,37,40)(H,38,41)(H2,35,39,42). The van der Waals surface area contributed by atoms with Crippen molar-refractivity contribution in [3.63, 3.8) is 0 Å². The highest BCUT2D eigenvalue weighted by Gasteiger charge is 2.17. The van der Waals surface area contributed by atoms with Crippen LogP contribution < -0.4 is 30.7 Å². The van der Waals surface area contributed by atoms with Crippen LogP contribution in [0.1, 0.15) is 37.3 Å². The molecule has 10 heteroatoms. The number of carbonyl (C=O) groups excluding carboxylic acids is 3. The highest BCUT2D eigenvalue weighted by Crippen LogP contribution is 2.20. The van der Waals surface area contributed by atoms with Crippen LogP contribution in [0.4, 0.5) is 10.5 Å². The number of carbonyl (C=O) groups is 3. The zero-order valence-electron chi connectivity index (χ0n) is 25.3.